The smallest absolute Gasteiger partial charge is 0.310 e. The molecule has 0 bridgehead atoms. The standard InChI is InChI=1S/C10H11NO4/c1-6-3-4-9(11(14)15)8(5-6)7(2)10(12)13/h3-5,7H,1-2H3,(H,12,13). The Morgan fingerprint density at radius 1 is 1.53 bits per heavy atom. The number of carbonyl (C=O) groups is 1. The van der Waals surface area contributed by atoms with Crippen molar-refractivity contribution >= 4 is 11.7 Å². The Morgan fingerprint density at radius 3 is 2.60 bits per heavy atom. The second kappa shape index (κ2) is 4.08. The Morgan fingerprint density at radius 2 is 2.13 bits per heavy atom. The first-order chi connectivity index (χ1) is 6.93. The van der Waals surface area contributed by atoms with Crippen molar-refractivity contribution in [3.63, 3.8) is 0 Å². The minimum atomic E-state index is -1.07. The SMILES string of the molecule is Cc1ccc([N+](=O)[O-])c(C(C)C(=O)O)c1. The van der Waals surface area contributed by atoms with Crippen LogP contribution in [0.2, 0.25) is 0 Å². The maximum atomic E-state index is 10.8. The van der Waals surface area contributed by atoms with Gasteiger partial charge < -0.3 is 5.11 Å². The number of hydrogen-bond donors (Lipinski definition) is 1. The third-order valence-electron chi connectivity index (χ3n) is 2.22. The molecule has 0 saturated carbocycles. The predicted octanol–water partition coefficient (Wildman–Crippen LogP) is 2.09. The van der Waals surface area contributed by atoms with Crippen LogP contribution in [0.25, 0.3) is 0 Å². The van der Waals surface area contributed by atoms with Crippen LogP contribution in [0.4, 0.5) is 5.69 Å². The molecule has 1 atom stereocenters. The van der Waals surface area contributed by atoms with E-state index in [0.717, 1.165) is 5.56 Å². The van der Waals surface area contributed by atoms with Crippen LogP contribution in [-0.4, -0.2) is 16.0 Å². The maximum absolute atomic E-state index is 10.8. The van der Waals surface area contributed by atoms with Crippen LogP contribution in [0.15, 0.2) is 18.2 Å². The average Bonchev–Trinajstić information content (AvgIpc) is 2.15. The molecule has 0 aliphatic heterocycles. The van der Waals surface area contributed by atoms with Gasteiger partial charge in [-0.05, 0) is 19.9 Å². The largest absolute Gasteiger partial charge is 0.481 e. The predicted molar refractivity (Wildman–Crippen MR) is 53.9 cm³/mol. The second-order valence-electron chi connectivity index (χ2n) is 3.38. The normalized spacial score (nSPS) is 12.1. The minimum Gasteiger partial charge on any atom is -0.481 e. The van der Waals surface area contributed by atoms with E-state index in [1.54, 1.807) is 13.0 Å². The summed E-state index contributed by atoms with van der Waals surface area (Å²) in [5, 5.41) is 19.5. The molecule has 5 nitrogen and oxygen atoms in total. The molecule has 80 valence electrons. The third kappa shape index (κ3) is 2.31. The average molecular weight is 209 g/mol. The van der Waals surface area contributed by atoms with Crippen LogP contribution in [0.3, 0.4) is 0 Å². The highest BCUT2D eigenvalue weighted by molar-refractivity contribution is 5.77. The Labute approximate surface area is 86.5 Å². The van der Waals surface area contributed by atoms with Gasteiger partial charge in [0.05, 0.1) is 10.8 Å². The summed E-state index contributed by atoms with van der Waals surface area (Å²) in [5.74, 6) is -1.94. The zero-order valence-electron chi connectivity index (χ0n) is 8.43. The van der Waals surface area contributed by atoms with Crippen LogP contribution >= 0.6 is 0 Å². The van der Waals surface area contributed by atoms with Gasteiger partial charge in [0, 0.05) is 11.6 Å². The molecule has 0 aliphatic rings. The molecule has 0 heterocycles. The molecule has 0 aromatic heterocycles. The first kappa shape index (κ1) is 11.2. The first-order valence-electron chi connectivity index (χ1n) is 4.41. The van der Waals surface area contributed by atoms with E-state index in [1.165, 1.54) is 19.1 Å². The molecule has 15 heavy (non-hydrogen) atoms. The van der Waals surface area contributed by atoms with E-state index >= 15 is 0 Å². The van der Waals surface area contributed by atoms with Gasteiger partial charge in [0.15, 0.2) is 0 Å². The number of benzene rings is 1. The summed E-state index contributed by atoms with van der Waals surface area (Å²) in [7, 11) is 0. The molecule has 1 aromatic carbocycles. The molecule has 0 saturated heterocycles. The number of aryl methyl sites for hydroxylation is 1. The molecule has 0 amide bonds. The van der Waals surface area contributed by atoms with E-state index in [4.69, 9.17) is 5.11 Å². The summed E-state index contributed by atoms with van der Waals surface area (Å²) in [6.45, 7) is 3.20. The molecule has 0 radical (unpaired) electrons. The van der Waals surface area contributed by atoms with Gasteiger partial charge in [-0.3, -0.25) is 14.9 Å². The molecule has 0 spiro atoms. The van der Waals surface area contributed by atoms with E-state index in [1.807, 2.05) is 0 Å². The molecule has 1 unspecified atom stereocenters. The Hall–Kier alpha value is -1.91. The van der Waals surface area contributed by atoms with Crippen molar-refractivity contribution in [1.82, 2.24) is 0 Å². The summed E-state index contributed by atoms with van der Waals surface area (Å²) < 4.78 is 0. The van der Waals surface area contributed by atoms with Crippen molar-refractivity contribution in [2.24, 2.45) is 0 Å². The minimum absolute atomic E-state index is 0.143. The monoisotopic (exact) mass is 209 g/mol. The van der Waals surface area contributed by atoms with Crippen molar-refractivity contribution in [2.75, 3.05) is 0 Å². The maximum Gasteiger partial charge on any atom is 0.310 e. The summed E-state index contributed by atoms with van der Waals surface area (Å²) in [6, 6.07) is 4.47. The van der Waals surface area contributed by atoms with E-state index in [2.05, 4.69) is 0 Å². The zero-order valence-corrected chi connectivity index (χ0v) is 8.43. The van der Waals surface area contributed by atoms with Crippen LogP contribution < -0.4 is 0 Å². The quantitative estimate of drug-likeness (QED) is 0.610. The Bertz CT molecular complexity index is 414. The molecule has 1 rings (SSSR count). The van der Waals surface area contributed by atoms with Crippen LogP contribution in [0.5, 0.6) is 0 Å². The van der Waals surface area contributed by atoms with Crippen LogP contribution in [0.1, 0.15) is 24.0 Å². The summed E-state index contributed by atoms with van der Waals surface area (Å²) in [6.07, 6.45) is 0. The lowest BCUT2D eigenvalue weighted by Crippen LogP contribution is -2.10. The van der Waals surface area contributed by atoms with E-state index in [-0.39, 0.29) is 11.3 Å². The molecule has 1 N–H and O–H groups in total. The van der Waals surface area contributed by atoms with Gasteiger partial charge in [-0.15, -0.1) is 0 Å². The highest BCUT2D eigenvalue weighted by atomic mass is 16.6. The first-order valence-corrected chi connectivity index (χ1v) is 4.41. The van der Waals surface area contributed by atoms with Crippen molar-refractivity contribution < 1.29 is 14.8 Å². The second-order valence-corrected chi connectivity index (χ2v) is 3.38. The van der Waals surface area contributed by atoms with Gasteiger partial charge >= 0.3 is 5.97 Å². The van der Waals surface area contributed by atoms with Crippen molar-refractivity contribution in [3.8, 4) is 0 Å². The fourth-order valence-electron chi connectivity index (χ4n) is 1.32. The fraction of sp³-hybridized carbons (Fsp3) is 0.300. The Balaban J connectivity index is 3.30. The van der Waals surface area contributed by atoms with Gasteiger partial charge in [-0.2, -0.15) is 0 Å². The summed E-state index contributed by atoms with van der Waals surface area (Å²) in [4.78, 5) is 20.9. The van der Waals surface area contributed by atoms with Gasteiger partial charge in [-0.25, -0.2) is 0 Å². The number of hydrogen-bond acceptors (Lipinski definition) is 3. The van der Waals surface area contributed by atoms with Crippen LogP contribution in [-0.2, 0) is 4.79 Å². The van der Waals surface area contributed by atoms with E-state index in [9.17, 15) is 14.9 Å². The topological polar surface area (TPSA) is 80.4 Å². The zero-order chi connectivity index (χ0) is 11.6. The van der Waals surface area contributed by atoms with Gasteiger partial charge in [0.1, 0.15) is 0 Å². The molecule has 0 aliphatic carbocycles. The lowest BCUT2D eigenvalue weighted by molar-refractivity contribution is -0.385. The van der Waals surface area contributed by atoms with Gasteiger partial charge in [0.2, 0.25) is 0 Å². The highest BCUT2D eigenvalue weighted by Gasteiger charge is 2.23. The van der Waals surface area contributed by atoms with Gasteiger partial charge in [-0.1, -0.05) is 11.6 Å². The van der Waals surface area contributed by atoms with Crippen molar-refractivity contribution in [2.45, 2.75) is 19.8 Å². The summed E-state index contributed by atoms with van der Waals surface area (Å²) >= 11 is 0. The third-order valence-corrected chi connectivity index (χ3v) is 2.22. The molecular weight excluding hydrogens is 198 g/mol. The number of carboxylic acids is 1. The van der Waals surface area contributed by atoms with E-state index in [0.29, 0.717) is 0 Å². The Kier molecular flexibility index (Phi) is 3.04. The van der Waals surface area contributed by atoms with Crippen molar-refractivity contribution in [1.29, 1.82) is 0 Å². The molecule has 1 aromatic rings. The van der Waals surface area contributed by atoms with Crippen molar-refractivity contribution in [3.05, 3.63) is 39.4 Å². The highest BCUT2D eigenvalue weighted by Crippen LogP contribution is 2.27. The number of carboxylic acid groups (broad SMARTS) is 1. The van der Waals surface area contributed by atoms with Crippen LogP contribution in [0, 0.1) is 17.0 Å². The number of aliphatic carboxylic acids is 1. The molecular formula is C10H11NO4. The number of nitro groups is 1. The summed E-state index contributed by atoms with van der Waals surface area (Å²) in [5.41, 5.74) is 0.909. The molecule has 0 fully saturated rings. The number of nitro benzene ring substituents is 1. The van der Waals surface area contributed by atoms with Gasteiger partial charge in [0.25, 0.3) is 5.69 Å². The molecule has 5 heteroatoms. The fourth-order valence-corrected chi connectivity index (χ4v) is 1.32. The lowest BCUT2D eigenvalue weighted by atomic mass is 9.97. The number of nitrogens with zero attached hydrogens (tertiary/aromatic N) is 1. The van der Waals surface area contributed by atoms with E-state index < -0.39 is 16.8 Å². The lowest BCUT2D eigenvalue weighted by Gasteiger charge is -2.07. The number of rotatable bonds is 3.